The second-order valence-electron chi connectivity index (χ2n) is 9.51. The number of nitrogens with zero attached hydrogens (tertiary/aromatic N) is 3. The molecule has 1 aromatic heterocycles. The van der Waals surface area contributed by atoms with Gasteiger partial charge in [0, 0.05) is 55.8 Å². The number of methoxy groups -OCH3 is 1. The van der Waals surface area contributed by atoms with E-state index in [0.29, 0.717) is 41.6 Å². The van der Waals surface area contributed by atoms with Gasteiger partial charge in [-0.15, -0.1) is 24.5 Å². The molecule has 4 aromatic rings. The molecule has 1 amide bonds. The number of amides is 1. The first-order valence-electron chi connectivity index (χ1n) is 13.1. The van der Waals surface area contributed by atoms with E-state index in [2.05, 4.69) is 10.1 Å². The molecule has 0 saturated carbocycles. The van der Waals surface area contributed by atoms with Gasteiger partial charge in [-0.2, -0.15) is 0 Å². The minimum absolute atomic E-state index is 0.00207. The van der Waals surface area contributed by atoms with Crippen LogP contribution in [-0.2, 0) is 13.1 Å². The fourth-order valence-corrected chi connectivity index (χ4v) is 5.49. The van der Waals surface area contributed by atoms with Gasteiger partial charge >= 0.3 is 6.36 Å². The second kappa shape index (κ2) is 12.6. The Morgan fingerprint density at radius 2 is 1.73 bits per heavy atom. The van der Waals surface area contributed by atoms with Gasteiger partial charge in [0.1, 0.15) is 11.5 Å². The quantitative estimate of drug-likeness (QED) is 0.262. The van der Waals surface area contributed by atoms with E-state index in [4.69, 9.17) is 9.72 Å². The number of hydrogen-bond donors (Lipinski definition) is 1. The maximum absolute atomic E-state index is 12.9. The number of hydrogen-bond acceptors (Lipinski definition) is 7. The lowest BCUT2D eigenvalue weighted by Gasteiger charge is -2.27. The topological polar surface area (TPSA) is 66.9 Å². The van der Waals surface area contributed by atoms with Crippen LogP contribution in [0.1, 0.15) is 21.5 Å². The molecule has 0 radical (unpaired) electrons. The number of anilines is 1. The van der Waals surface area contributed by atoms with E-state index < -0.39 is 6.36 Å². The summed E-state index contributed by atoms with van der Waals surface area (Å²) in [7, 11) is 1.60. The zero-order valence-corrected chi connectivity index (χ0v) is 23.2. The first-order valence-corrected chi connectivity index (χ1v) is 13.9. The van der Waals surface area contributed by atoms with E-state index in [0.717, 1.165) is 29.9 Å². The molecule has 41 heavy (non-hydrogen) atoms. The molecule has 1 saturated heterocycles. The van der Waals surface area contributed by atoms with E-state index in [9.17, 15) is 18.0 Å². The molecule has 1 N–H and O–H groups in total. The van der Waals surface area contributed by atoms with Crippen LogP contribution in [0.2, 0.25) is 0 Å². The van der Waals surface area contributed by atoms with Crippen LogP contribution in [0.3, 0.4) is 0 Å². The molecular weight excluding hydrogens is 553 g/mol. The summed E-state index contributed by atoms with van der Waals surface area (Å²) in [5.41, 5.74) is 3.75. The molecule has 0 unspecified atom stereocenters. The third kappa shape index (κ3) is 7.36. The highest BCUT2D eigenvalue weighted by molar-refractivity contribution is 7.14. The minimum Gasteiger partial charge on any atom is -0.496 e. The normalized spacial score (nSPS) is 13.6. The Hall–Kier alpha value is -4.09. The van der Waals surface area contributed by atoms with Crippen molar-refractivity contribution in [3.8, 4) is 22.8 Å². The molecule has 0 spiro atoms. The molecule has 0 atom stereocenters. The zero-order valence-electron chi connectivity index (χ0n) is 22.4. The van der Waals surface area contributed by atoms with Gasteiger partial charge in [0.05, 0.1) is 12.8 Å². The Morgan fingerprint density at radius 3 is 2.46 bits per heavy atom. The van der Waals surface area contributed by atoms with Crippen molar-refractivity contribution >= 4 is 22.4 Å². The maximum atomic E-state index is 12.9. The Morgan fingerprint density at radius 1 is 1.00 bits per heavy atom. The number of carbonyl (C=O) groups excluding carboxylic acids is 1. The summed E-state index contributed by atoms with van der Waals surface area (Å²) in [6.07, 6.45) is -4.78. The van der Waals surface area contributed by atoms with Crippen LogP contribution in [0.25, 0.3) is 11.3 Å². The van der Waals surface area contributed by atoms with Crippen molar-refractivity contribution < 1.29 is 27.4 Å². The van der Waals surface area contributed by atoms with E-state index in [-0.39, 0.29) is 18.2 Å². The van der Waals surface area contributed by atoms with Gasteiger partial charge < -0.3 is 24.6 Å². The number of benzene rings is 3. The number of para-hydroxylation sites is 1. The lowest BCUT2D eigenvalue weighted by atomic mass is 10.1. The van der Waals surface area contributed by atoms with Crippen molar-refractivity contribution in [1.29, 1.82) is 0 Å². The molecule has 214 valence electrons. The van der Waals surface area contributed by atoms with Gasteiger partial charge in [0.2, 0.25) is 0 Å². The smallest absolute Gasteiger partial charge is 0.496 e. The second-order valence-corrected chi connectivity index (χ2v) is 10.3. The van der Waals surface area contributed by atoms with Crippen LogP contribution in [0.4, 0.5) is 18.3 Å². The predicted octanol–water partition coefficient (Wildman–Crippen LogP) is 5.97. The summed E-state index contributed by atoms with van der Waals surface area (Å²) < 4.78 is 48.2. The Bertz CT molecular complexity index is 1470. The predicted molar refractivity (Wildman–Crippen MR) is 152 cm³/mol. The molecule has 11 heteroatoms. The van der Waals surface area contributed by atoms with Crippen molar-refractivity contribution in [3.63, 3.8) is 0 Å². The lowest BCUT2D eigenvalue weighted by Crippen LogP contribution is -2.46. The van der Waals surface area contributed by atoms with Gasteiger partial charge in [-0.1, -0.05) is 36.4 Å². The molecule has 2 heterocycles. The number of aromatic nitrogens is 1. The highest BCUT2D eigenvalue weighted by Crippen LogP contribution is 2.34. The van der Waals surface area contributed by atoms with Gasteiger partial charge in [-0.3, -0.25) is 4.79 Å². The van der Waals surface area contributed by atoms with Gasteiger partial charge in [-0.25, -0.2) is 4.98 Å². The summed E-state index contributed by atoms with van der Waals surface area (Å²) in [5.74, 6) is 0.412. The first-order chi connectivity index (χ1) is 19.8. The number of thiazole rings is 1. The Kier molecular flexibility index (Phi) is 8.75. The molecular formula is C30H29F3N4O3S. The zero-order chi connectivity index (χ0) is 28.8. The van der Waals surface area contributed by atoms with E-state index >= 15 is 0 Å². The number of nitrogens with one attached hydrogen (secondary N) is 1. The van der Waals surface area contributed by atoms with Crippen molar-refractivity contribution in [2.75, 3.05) is 38.2 Å². The van der Waals surface area contributed by atoms with Crippen LogP contribution in [0, 0.1) is 0 Å². The average Bonchev–Trinajstić information content (AvgIpc) is 3.47. The summed E-state index contributed by atoms with van der Waals surface area (Å²) in [6.45, 7) is 3.60. The molecule has 3 aromatic carbocycles. The summed E-state index contributed by atoms with van der Waals surface area (Å²) in [6, 6.07) is 21.0. The highest BCUT2D eigenvalue weighted by atomic mass is 32.1. The number of piperazine rings is 1. The Labute approximate surface area is 240 Å². The minimum atomic E-state index is -4.78. The highest BCUT2D eigenvalue weighted by Gasteiger charge is 2.31. The van der Waals surface area contributed by atoms with Crippen LogP contribution in [0.5, 0.6) is 11.5 Å². The maximum Gasteiger partial charge on any atom is 0.573 e. The number of alkyl halides is 3. The van der Waals surface area contributed by atoms with Gasteiger partial charge in [0.15, 0.2) is 5.13 Å². The average molecular weight is 583 g/mol. The van der Waals surface area contributed by atoms with E-state index in [1.807, 2.05) is 63.7 Å². The number of carbonyl (C=O) groups is 1. The van der Waals surface area contributed by atoms with Crippen LogP contribution in [0.15, 0.2) is 78.2 Å². The molecule has 5 rings (SSSR count). The van der Waals surface area contributed by atoms with Crippen molar-refractivity contribution in [1.82, 2.24) is 15.2 Å². The Balaban J connectivity index is 1.40. The lowest BCUT2D eigenvalue weighted by molar-refractivity contribution is -0.274. The fourth-order valence-electron chi connectivity index (χ4n) is 4.67. The van der Waals surface area contributed by atoms with Crippen molar-refractivity contribution in [3.05, 3.63) is 94.9 Å². The summed E-state index contributed by atoms with van der Waals surface area (Å²) in [4.78, 5) is 21.6. The molecule has 1 aliphatic rings. The van der Waals surface area contributed by atoms with Crippen LogP contribution in [-0.4, -0.2) is 55.4 Å². The number of rotatable bonds is 9. The third-order valence-electron chi connectivity index (χ3n) is 6.63. The fraction of sp³-hybridized carbons (Fsp3) is 0.267. The van der Waals surface area contributed by atoms with Gasteiger partial charge in [-0.05, 0) is 47.5 Å². The molecule has 7 nitrogen and oxygen atoms in total. The van der Waals surface area contributed by atoms with E-state index in [1.165, 1.54) is 29.5 Å². The molecule has 1 aliphatic heterocycles. The first kappa shape index (κ1) is 28.4. The van der Waals surface area contributed by atoms with E-state index in [1.54, 1.807) is 13.2 Å². The van der Waals surface area contributed by atoms with Gasteiger partial charge in [0.25, 0.3) is 5.91 Å². The molecule has 0 aliphatic carbocycles. The largest absolute Gasteiger partial charge is 0.573 e. The SMILES string of the molecule is COc1ccccc1-c1csc(N(Cc2ccc(C(=O)N3CCNCC3)cc2)Cc2cccc(OC(F)(F)F)c2)n1. The molecule has 0 bridgehead atoms. The number of halogens is 3. The van der Waals surface area contributed by atoms with Crippen molar-refractivity contribution in [2.45, 2.75) is 19.5 Å². The standard InChI is InChI=1S/C30H29F3N4O3S/c1-39-27-8-3-2-7-25(27)26-20-41-29(35-26)37(19-22-5-4-6-24(17-22)40-30(31,32)33)18-21-9-11-23(12-10-21)28(38)36-15-13-34-14-16-36/h2-12,17,20,34H,13-16,18-19H2,1H3. The summed E-state index contributed by atoms with van der Waals surface area (Å²) >= 11 is 1.43. The van der Waals surface area contributed by atoms with Crippen LogP contribution >= 0.6 is 11.3 Å². The monoisotopic (exact) mass is 582 g/mol. The van der Waals surface area contributed by atoms with Crippen LogP contribution < -0.4 is 19.7 Å². The summed E-state index contributed by atoms with van der Waals surface area (Å²) in [5, 5.41) is 5.86. The van der Waals surface area contributed by atoms with Crippen molar-refractivity contribution in [2.24, 2.45) is 0 Å². The number of ether oxygens (including phenoxy) is 2. The molecule has 1 fully saturated rings. The third-order valence-corrected chi connectivity index (χ3v) is 7.53.